The van der Waals surface area contributed by atoms with E-state index in [4.69, 9.17) is 14.2 Å². The Bertz CT molecular complexity index is 1060. The zero-order valence-corrected chi connectivity index (χ0v) is 19.5. The molecule has 1 heterocycles. The van der Waals surface area contributed by atoms with Crippen molar-refractivity contribution >= 4 is 33.9 Å². The van der Waals surface area contributed by atoms with Crippen LogP contribution in [0.5, 0.6) is 11.5 Å². The summed E-state index contributed by atoms with van der Waals surface area (Å²) in [5, 5.41) is 0. The number of methoxy groups -OCH3 is 3. The molecule has 0 saturated heterocycles. The van der Waals surface area contributed by atoms with Crippen molar-refractivity contribution in [3.63, 3.8) is 0 Å². The number of carbonyl (C=O) groups is 2. The summed E-state index contributed by atoms with van der Waals surface area (Å²) in [7, 11) is 4.49. The summed E-state index contributed by atoms with van der Waals surface area (Å²) in [5.74, 6) is 0.530. The van der Waals surface area contributed by atoms with Crippen molar-refractivity contribution < 1.29 is 23.8 Å². The lowest BCUT2D eigenvalue weighted by Gasteiger charge is -2.18. The molecule has 1 aliphatic heterocycles. The van der Waals surface area contributed by atoms with E-state index in [1.807, 2.05) is 42.5 Å². The van der Waals surface area contributed by atoms with Gasteiger partial charge in [-0.25, -0.2) is 4.79 Å². The first-order valence-electron chi connectivity index (χ1n) is 9.69. The van der Waals surface area contributed by atoms with Gasteiger partial charge in [-0.15, -0.1) is 0 Å². The van der Waals surface area contributed by atoms with E-state index in [0.717, 1.165) is 15.6 Å². The second-order valence-electron chi connectivity index (χ2n) is 6.96. The summed E-state index contributed by atoms with van der Waals surface area (Å²) in [5.41, 5.74) is 3.02. The van der Waals surface area contributed by atoms with Crippen LogP contribution < -0.4 is 9.47 Å². The lowest BCUT2D eigenvalue weighted by molar-refractivity contribution is -0.136. The first-order valence-corrected chi connectivity index (χ1v) is 10.5. The van der Waals surface area contributed by atoms with Gasteiger partial charge in [-0.1, -0.05) is 34.1 Å². The number of hydrogen-bond acceptors (Lipinski definition) is 5. The molecular formula is C24H24BrNO5. The van der Waals surface area contributed by atoms with Gasteiger partial charge < -0.3 is 19.1 Å². The monoisotopic (exact) mass is 485 g/mol. The molecule has 3 rings (SSSR count). The van der Waals surface area contributed by atoms with Crippen molar-refractivity contribution in [2.75, 3.05) is 27.9 Å². The Kier molecular flexibility index (Phi) is 7.17. The van der Waals surface area contributed by atoms with Crippen LogP contribution in [0.2, 0.25) is 0 Å². The average Bonchev–Trinajstić information content (AvgIpc) is 3.02. The highest BCUT2D eigenvalue weighted by atomic mass is 79.9. The average molecular weight is 486 g/mol. The molecule has 0 spiro atoms. The number of amides is 1. The first-order chi connectivity index (χ1) is 14.9. The maximum absolute atomic E-state index is 13.2. The van der Waals surface area contributed by atoms with Crippen LogP contribution in [0.4, 0.5) is 0 Å². The molecule has 0 aliphatic carbocycles. The van der Waals surface area contributed by atoms with Gasteiger partial charge >= 0.3 is 5.97 Å². The molecule has 0 bridgehead atoms. The minimum Gasteiger partial charge on any atom is -0.493 e. The number of benzene rings is 2. The van der Waals surface area contributed by atoms with Gasteiger partial charge in [0.05, 0.1) is 32.5 Å². The van der Waals surface area contributed by atoms with Crippen LogP contribution in [0.1, 0.15) is 18.1 Å². The van der Waals surface area contributed by atoms with Crippen LogP contribution in [0, 0.1) is 0 Å². The Morgan fingerprint density at radius 1 is 1.03 bits per heavy atom. The second-order valence-corrected chi connectivity index (χ2v) is 7.87. The highest BCUT2D eigenvalue weighted by Crippen LogP contribution is 2.33. The third kappa shape index (κ3) is 4.82. The van der Waals surface area contributed by atoms with Gasteiger partial charge in [0.2, 0.25) is 0 Å². The summed E-state index contributed by atoms with van der Waals surface area (Å²) in [4.78, 5) is 27.3. The topological polar surface area (TPSA) is 65.1 Å². The van der Waals surface area contributed by atoms with Gasteiger partial charge in [-0.2, -0.15) is 0 Å². The molecule has 0 fully saturated rings. The molecule has 7 heteroatoms. The Hall–Kier alpha value is -3.06. The number of hydrogen-bond donors (Lipinski definition) is 0. The summed E-state index contributed by atoms with van der Waals surface area (Å²) in [6.07, 6.45) is 2.31. The maximum atomic E-state index is 13.2. The molecule has 1 aliphatic rings. The van der Waals surface area contributed by atoms with Crippen LogP contribution in [-0.4, -0.2) is 44.7 Å². The zero-order chi connectivity index (χ0) is 22.5. The highest BCUT2D eigenvalue weighted by Gasteiger charge is 2.36. The molecular weight excluding hydrogens is 462 g/mol. The highest BCUT2D eigenvalue weighted by molar-refractivity contribution is 9.10. The van der Waals surface area contributed by atoms with Gasteiger partial charge in [0.15, 0.2) is 11.5 Å². The van der Waals surface area contributed by atoms with Gasteiger partial charge in [-0.3, -0.25) is 4.79 Å². The van der Waals surface area contributed by atoms with Crippen LogP contribution in [0.15, 0.2) is 63.8 Å². The van der Waals surface area contributed by atoms with Gasteiger partial charge in [-0.05, 0) is 54.8 Å². The predicted molar refractivity (Wildman–Crippen MR) is 122 cm³/mol. The quantitative estimate of drug-likeness (QED) is 0.430. The lowest BCUT2D eigenvalue weighted by Crippen LogP contribution is -2.27. The van der Waals surface area contributed by atoms with E-state index < -0.39 is 5.97 Å². The van der Waals surface area contributed by atoms with E-state index in [9.17, 15) is 9.59 Å². The molecule has 6 nitrogen and oxygen atoms in total. The Labute approximate surface area is 190 Å². The molecule has 0 aromatic heterocycles. The smallest absolute Gasteiger partial charge is 0.340 e. The predicted octanol–water partition coefficient (Wildman–Crippen LogP) is 4.38. The molecule has 162 valence electrons. The second kappa shape index (κ2) is 9.83. The molecule has 0 radical (unpaired) electrons. The number of esters is 1. The molecule has 0 unspecified atom stereocenters. The van der Waals surface area contributed by atoms with Crippen molar-refractivity contribution in [3.8, 4) is 11.5 Å². The van der Waals surface area contributed by atoms with Crippen molar-refractivity contribution in [1.29, 1.82) is 0 Å². The number of ether oxygens (including phenoxy) is 3. The normalized spacial score (nSPS) is 14.9. The minimum atomic E-state index is -0.525. The molecule has 2 aromatic rings. The molecule has 1 amide bonds. The van der Waals surface area contributed by atoms with E-state index >= 15 is 0 Å². The standard InChI is InChI=1S/C24H24BrNO5/c1-15-22(24(28)31-4)19(13-16-5-8-18(25)9-6-16)23(27)26(15)12-11-17-7-10-20(29-2)21(14-17)30-3/h5-10,13-14H,11-12H2,1-4H3/b19-13-. The maximum Gasteiger partial charge on any atom is 0.340 e. The SMILES string of the molecule is COC(=O)C1=C(C)N(CCc2ccc(OC)c(OC)c2)C(=O)/C1=C\c1ccc(Br)cc1. The van der Waals surface area contributed by atoms with Gasteiger partial charge in [0, 0.05) is 16.7 Å². The minimum absolute atomic E-state index is 0.221. The molecule has 2 aromatic carbocycles. The van der Waals surface area contributed by atoms with Crippen molar-refractivity contribution in [3.05, 3.63) is 74.9 Å². The first kappa shape index (κ1) is 22.6. The number of carbonyl (C=O) groups excluding carboxylic acids is 2. The van der Waals surface area contributed by atoms with E-state index in [1.165, 1.54) is 7.11 Å². The van der Waals surface area contributed by atoms with E-state index in [1.54, 1.807) is 32.1 Å². The van der Waals surface area contributed by atoms with Crippen molar-refractivity contribution in [2.45, 2.75) is 13.3 Å². The Balaban J connectivity index is 1.89. The zero-order valence-electron chi connectivity index (χ0n) is 17.9. The van der Waals surface area contributed by atoms with Crippen LogP contribution in [0.3, 0.4) is 0 Å². The molecule has 31 heavy (non-hydrogen) atoms. The third-order valence-electron chi connectivity index (χ3n) is 5.15. The fourth-order valence-corrected chi connectivity index (χ4v) is 3.76. The summed E-state index contributed by atoms with van der Waals surface area (Å²) < 4.78 is 16.5. The lowest BCUT2D eigenvalue weighted by atomic mass is 10.0. The number of allylic oxidation sites excluding steroid dienone is 1. The number of nitrogens with zero attached hydrogens (tertiary/aromatic N) is 1. The largest absolute Gasteiger partial charge is 0.493 e. The summed E-state index contributed by atoms with van der Waals surface area (Å²) in [6.45, 7) is 2.18. The van der Waals surface area contributed by atoms with Crippen LogP contribution in [-0.2, 0) is 20.7 Å². The Morgan fingerprint density at radius 2 is 1.71 bits per heavy atom. The fourth-order valence-electron chi connectivity index (χ4n) is 3.50. The van der Waals surface area contributed by atoms with Crippen LogP contribution in [0.25, 0.3) is 6.08 Å². The molecule has 0 saturated carbocycles. The number of halogens is 1. The third-order valence-corrected chi connectivity index (χ3v) is 5.68. The van der Waals surface area contributed by atoms with Crippen molar-refractivity contribution in [2.24, 2.45) is 0 Å². The Morgan fingerprint density at radius 3 is 2.32 bits per heavy atom. The van der Waals surface area contributed by atoms with E-state index in [2.05, 4.69) is 15.9 Å². The molecule has 0 N–H and O–H groups in total. The summed E-state index contributed by atoms with van der Waals surface area (Å²) in [6, 6.07) is 13.2. The number of rotatable bonds is 7. The fraction of sp³-hybridized carbons (Fsp3) is 0.250. The van der Waals surface area contributed by atoms with Crippen LogP contribution >= 0.6 is 15.9 Å². The van der Waals surface area contributed by atoms with Crippen molar-refractivity contribution in [1.82, 2.24) is 4.90 Å². The molecule has 0 atom stereocenters. The van der Waals surface area contributed by atoms with E-state index in [0.29, 0.717) is 41.3 Å². The van der Waals surface area contributed by atoms with Gasteiger partial charge in [0.25, 0.3) is 5.91 Å². The summed E-state index contributed by atoms with van der Waals surface area (Å²) >= 11 is 3.40. The van der Waals surface area contributed by atoms with Gasteiger partial charge in [0.1, 0.15) is 0 Å². The van der Waals surface area contributed by atoms with E-state index in [-0.39, 0.29) is 5.91 Å².